The first-order valence-corrected chi connectivity index (χ1v) is 8.18. The Balaban J connectivity index is 2.30. The van der Waals surface area contributed by atoms with E-state index in [1.165, 1.54) is 19.9 Å². The van der Waals surface area contributed by atoms with Crippen molar-refractivity contribution in [3.05, 3.63) is 35.4 Å². The SMILES string of the molecule is CC(C)(CNC(=O)C1(c2cccc(C(F)(F)F)c2)CCCC1)C(=O)O. The number of carbonyl (C=O) groups excluding carboxylic acids is 1. The summed E-state index contributed by atoms with van der Waals surface area (Å²) in [6.45, 7) is 2.89. The molecular weight excluding hydrogens is 335 g/mol. The third kappa shape index (κ3) is 3.96. The van der Waals surface area contributed by atoms with E-state index in [4.69, 9.17) is 5.11 Å². The van der Waals surface area contributed by atoms with Gasteiger partial charge in [0.2, 0.25) is 5.91 Å². The van der Waals surface area contributed by atoms with E-state index < -0.39 is 34.4 Å². The molecule has 138 valence electrons. The number of aliphatic carboxylic acids is 1. The number of nitrogens with one attached hydrogen (secondary N) is 1. The predicted molar refractivity (Wildman–Crippen MR) is 86.0 cm³/mol. The molecule has 25 heavy (non-hydrogen) atoms. The molecule has 0 heterocycles. The molecule has 0 aromatic heterocycles. The lowest BCUT2D eigenvalue weighted by Gasteiger charge is -2.30. The van der Waals surface area contributed by atoms with Crippen LogP contribution in [-0.4, -0.2) is 23.5 Å². The summed E-state index contributed by atoms with van der Waals surface area (Å²) in [4.78, 5) is 24.0. The van der Waals surface area contributed by atoms with Gasteiger partial charge < -0.3 is 10.4 Å². The summed E-state index contributed by atoms with van der Waals surface area (Å²) in [5.41, 5.74) is -2.63. The van der Waals surface area contributed by atoms with Crippen molar-refractivity contribution in [2.24, 2.45) is 5.41 Å². The quantitative estimate of drug-likeness (QED) is 0.844. The average Bonchev–Trinajstić information content (AvgIpc) is 3.03. The Morgan fingerprint density at radius 3 is 2.32 bits per heavy atom. The molecule has 2 rings (SSSR count). The van der Waals surface area contributed by atoms with Gasteiger partial charge in [0, 0.05) is 6.54 Å². The summed E-state index contributed by atoms with van der Waals surface area (Å²) < 4.78 is 39.0. The number of halogens is 3. The molecule has 1 aromatic carbocycles. The fraction of sp³-hybridized carbons (Fsp3) is 0.556. The van der Waals surface area contributed by atoms with Crippen molar-refractivity contribution in [2.75, 3.05) is 6.54 Å². The Morgan fingerprint density at radius 2 is 1.80 bits per heavy atom. The second-order valence-corrected chi connectivity index (χ2v) is 7.24. The molecule has 0 radical (unpaired) electrons. The highest BCUT2D eigenvalue weighted by molar-refractivity contribution is 5.89. The lowest BCUT2D eigenvalue weighted by molar-refractivity contribution is -0.147. The minimum absolute atomic E-state index is 0.0815. The molecule has 1 amide bonds. The maximum Gasteiger partial charge on any atom is 0.416 e. The highest BCUT2D eigenvalue weighted by Gasteiger charge is 2.44. The van der Waals surface area contributed by atoms with Crippen molar-refractivity contribution in [2.45, 2.75) is 51.1 Å². The van der Waals surface area contributed by atoms with Crippen LogP contribution in [0.5, 0.6) is 0 Å². The van der Waals surface area contributed by atoms with Gasteiger partial charge in [0.05, 0.1) is 16.4 Å². The third-order valence-electron chi connectivity index (χ3n) is 4.90. The fourth-order valence-electron chi connectivity index (χ4n) is 3.16. The van der Waals surface area contributed by atoms with Crippen LogP contribution in [0, 0.1) is 5.41 Å². The molecule has 1 aliphatic carbocycles. The molecule has 0 saturated heterocycles. The summed E-state index contributed by atoms with van der Waals surface area (Å²) in [5, 5.41) is 11.8. The molecule has 1 saturated carbocycles. The van der Waals surface area contributed by atoms with E-state index in [9.17, 15) is 22.8 Å². The van der Waals surface area contributed by atoms with Crippen molar-refractivity contribution in [3.63, 3.8) is 0 Å². The molecule has 0 unspecified atom stereocenters. The van der Waals surface area contributed by atoms with Gasteiger partial charge in [-0.2, -0.15) is 13.2 Å². The molecule has 7 heteroatoms. The van der Waals surface area contributed by atoms with E-state index in [0.717, 1.165) is 25.0 Å². The van der Waals surface area contributed by atoms with Crippen molar-refractivity contribution >= 4 is 11.9 Å². The summed E-state index contributed by atoms with van der Waals surface area (Å²) in [6, 6.07) is 4.88. The molecule has 1 fully saturated rings. The zero-order valence-electron chi connectivity index (χ0n) is 14.2. The normalized spacial score (nSPS) is 17.3. The Bertz CT molecular complexity index is 662. The minimum Gasteiger partial charge on any atom is -0.481 e. The smallest absolute Gasteiger partial charge is 0.416 e. The summed E-state index contributed by atoms with van der Waals surface area (Å²) >= 11 is 0. The monoisotopic (exact) mass is 357 g/mol. The van der Waals surface area contributed by atoms with Gasteiger partial charge in [0.15, 0.2) is 0 Å². The first-order valence-electron chi connectivity index (χ1n) is 8.18. The van der Waals surface area contributed by atoms with Crippen LogP contribution in [0.25, 0.3) is 0 Å². The maximum absolute atomic E-state index is 13.0. The Kier molecular flexibility index (Phi) is 5.16. The molecule has 4 nitrogen and oxygen atoms in total. The Hall–Kier alpha value is -2.05. The van der Waals surface area contributed by atoms with E-state index in [1.54, 1.807) is 6.07 Å². The minimum atomic E-state index is -4.47. The predicted octanol–water partition coefficient (Wildman–Crippen LogP) is 3.74. The number of alkyl halides is 3. The number of hydrogen-bond acceptors (Lipinski definition) is 2. The second-order valence-electron chi connectivity index (χ2n) is 7.24. The maximum atomic E-state index is 13.0. The molecule has 1 aliphatic rings. The lowest BCUT2D eigenvalue weighted by atomic mass is 9.77. The number of hydrogen-bond donors (Lipinski definition) is 2. The van der Waals surface area contributed by atoms with Crippen LogP contribution in [0.3, 0.4) is 0 Å². The number of amides is 1. The molecular formula is C18H22F3NO3. The van der Waals surface area contributed by atoms with Gasteiger partial charge in [-0.15, -0.1) is 0 Å². The van der Waals surface area contributed by atoms with Crippen molar-refractivity contribution in [3.8, 4) is 0 Å². The molecule has 2 N–H and O–H groups in total. The first-order chi connectivity index (χ1) is 11.5. The Morgan fingerprint density at radius 1 is 1.20 bits per heavy atom. The van der Waals surface area contributed by atoms with Gasteiger partial charge in [0.1, 0.15) is 0 Å². The van der Waals surface area contributed by atoms with Crippen LogP contribution in [0.1, 0.15) is 50.7 Å². The highest BCUT2D eigenvalue weighted by atomic mass is 19.4. The van der Waals surface area contributed by atoms with Gasteiger partial charge >= 0.3 is 12.1 Å². The first kappa shape index (κ1) is 19.3. The van der Waals surface area contributed by atoms with Crippen LogP contribution in [0.2, 0.25) is 0 Å². The molecule has 0 bridgehead atoms. The van der Waals surface area contributed by atoms with Gasteiger partial charge in [-0.05, 0) is 38.3 Å². The standard InChI is InChI=1S/C18H22F3NO3/c1-16(2,15(24)25)11-22-14(23)17(8-3-4-9-17)12-6-5-7-13(10-12)18(19,20)21/h5-7,10H,3-4,8-9,11H2,1-2H3,(H,22,23)(H,24,25). The fourth-order valence-corrected chi connectivity index (χ4v) is 3.16. The van der Waals surface area contributed by atoms with Crippen LogP contribution in [-0.2, 0) is 21.2 Å². The molecule has 1 aromatic rings. The lowest BCUT2D eigenvalue weighted by Crippen LogP contribution is -2.47. The number of benzene rings is 1. The zero-order chi connectivity index (χ0) is 18.9. The number of carboxylic acid groups (broad SMARTS) is 1. The Labute approximate surface area is 144 Å². The third-order valence-corrected chi connectivity index (χ3v) is 4.90. The second kappa shape index (κ2) is 6.69. The van der Waals surface area contributed by atoms with E-state index in [-0.39, 0.29) is 6.54 Å². The van der Waals surface area contributed by atoms with Crippen LogP contribution in [0.15, 0.2) is 24.3 Å². The van der Waals surface area contributed by atoms with E-state index in [1.807, 2.05) is 0 Å². The molecule has 0 atom stereocenters. The van der Waals surface area contributed by atoms with Gasteiger partial charge in [-0.3, -0.25) is 9.59 Å². The van der Waals surface area contributed by atoms with Crippen LogP contribution in [0.4, 0.5) is 13.2 Å². The molecule has 0 aliphatic heterocycles. The zero-order valence-corrected chi connectivity index (χ0v) is 14.2. The van der Waals surface area contributed by atoms with Gasteiger partial charge in [-0.25, -0.2) is 0 Å². The number of rotatable bonds is 5. The van der Waals surface area contributed by atoms with E-state index in [0.29, 0.717) is 18.4 Å². The topological polar surface area (TPSA) is 66.4 Å². The summed E-state index contributed by atoms with van der Waals surface area (Å²) in [6.07, 6.45) is -2.09. The van der Waals surface area contributed by atoms with Crippen molar-refractivity contribution in [1.82, 2.24) is 5.32 Å². The number of carboxylic acids is 1. The van der Waals surface area contributed by atoms with Crippen molar-refractivity contribution < 1.29 is 27.9 Å². The average molecular weight is 357 g/mol. The largest absolute Gasteiger partial charge is 0.481 e. The van der Waals surface area contributed by atoms with E-state index >= 15 is 0 Å². The van der Waals surface area contributed by atoms with Crippen LogP contribution >= 0.6 is 0 Å². The van der Waals surface area contributed by atoms with Crippen LogP contribution < -0.4 is 5.32 Å². The highest BCUT2D eigenvalue weighted by Crippen LogP contribution is 2.43. The summed E-state index contributed by atoms with van der Waals surface area (Å²) in [5.74, 6) is -1.45. The summed E-state index contributed by atoms with van der Waals surface area (Å²) in [7, 11) is 0. The number of carbonyl (C=O) groups is 2. The van der Waals surface area contributed by atoms with E-state index in [2.05, 4.69) is 5.32 Å². The van der Waals surface area contributed by atoms with Gasteiger partial charge in [0.25, 0.3) is 0 Å². The van der Waals surface area contributed by atoms with Gasteiger partial charge in [-0.1, -0.05) is 31.0 Å². The molecule has 0 spiro atoms. The van der Waals surface area contributed by atoms with Crippen molar-refractivity contribution in [1.29, 1.82) is 0 Å².